The second-order valence-corrected chi connectivity index (χ2v) is 9.81. The maximum atomic E-state index is 12.2. The summed E-state index contributed by atoms with van der Waals surface area (Å²) in [5.74, 6) is 0.249. The molecule has 3 heterocycles. The number of amides is 2. The molecule has 3 aromatic rings. The number of thiazole rings is 1. The predicted molar refractivity (Wildman–Crippen MR) is 122 cm³/mol. The quantitative estimate of drug-likeness (QED) is 0.531. The second-order valence-electron chi connectivity index (χ2n) is 6.82. The van der Waals surface area contributed by atoms with Crippen molar-refractivity contribution in [1.29, 1.82) is 0 Å². The minimum Gasteiger partial charge on any atom is -0.484 e. The molecule has 0 saturated carbocycles. The average molecular weight is 460 g/mol. The number of carbonyl (C=O) groups is 2. The first-order valence-corrected chi connectivity index (χ1v) is 12.4. The van der Waals surface area contributed by atoms with Crippen molar-refractivity contribution in [2.45, 2.75) is 17.1 Å². The SMILES string of the molecule is CSc1sc(C(N)=O)cc1-c1nc(-c2cccc(OCC(=O)N3CCCC3)c2)cs1. The van der Waals surface area contributed by atoms with Crippen molar-refractivity contribution in [3.63, 3.8) is 0 Å². The summed E-state index contributed by atoms with van der Waals surface area (Å²) in [6, 6.07) is 9.41. The Balaban J connectivity index is 1.50. The largest absolute Gasteiger partial charge is 0.484 e. The third-order valence-corrected chi connectivity index (χ3v) is 7.97. The van der Waals surface area contributed by atoms with Gasteiger partial charge in [0.2, 0.25) is 0 Å². The fourth-order valence-corrected chi connectivity index (χ4v) is 5.98. The molecule has 30 heavy (non-hydrogen) atoms. The average Bonchev–Trinajstić information content (AvgIpc) is 3.51. The van der Waals surface area contributed by atoms with Crippen molar-refractivity contribution in [2.75, 3.05) is 26.0 Å². The highest BCUT2D eigenvalue weighted by atomic mass is 32.2. The highest BCUT2D eigenvalue weighted by Gasteiger charge is 2.19. The van der Waals surface area contributed by atoms with Crippen LogP contribution in [0.3, 0.4) is 0 Å². The normalized spacial score (nSPS) is 13.6. The number of thioether (sulfide) groups is 1. The Bertz CT molecular complexity index is 1070. The van der Waals surface area contributed by atoms with Crippen molar-refractivity contribution < 1.29 is 14.3 Å². The number of ether oxygens (including phenoxy) is 1. The summed E-state index contributed by atoms with van der Waals surface area (Å²) >= 11 is 4.49. The summed E-state index contributed by atoms with van der Waals surface area (Å²) < 4.78 is 6.75. The van der Waals surface area contributed by atoms with Crippen LogP contribution >= 0.6 is 34.4 Å². The molecule has 0 spiro atoms. The fourth-order valence-electron chi connectivity index (χ4n) is 3.27. The minimum absolute atomic E-state index is 0.0288. The molecule has 2 aromatic heterocycles. The van der Waals surface area contributed by atoms with E-state index in [2.05, 4.69) is 0 Å². The number of hydrogen-bond donors (Lipinski definition) is 1. The number of likely N-dealkylation sites (tertiary alicyclic amines) is 1. The van der Waals surface area contributed by atoms with Crippen LogP contribution in [0.1, 0.15) is 22.5 Å². The molecule has 0 atom stereocenters. The van der Waals surface area contributed by atoms with Gasteiger partial charge in [-0.15, -0.1) is 34.4 Å². The van der Waals surface area contributed by atoms with E-state index in [4.69, 9.17) is 15.5 Å². The number of thiophene rings is 1. The monoisotopic (exact) mass is 459 g/mol. The van der Waals surface area contributed by atoms with Crippen molar-refractivity contribution in [1.82, 2.24) is 9.88 Å². The molecule has 9 heteroatoms. The van der Waals surface area contributed by atoms with E-state index in [1.54, 1.807) is 11.8 Å². The van der Waals surface area contributed by atoms with Crippen molar-refractivity contribution in [2.24, 2.45) is 5.73 Å². The zero-order valence-electron chi connectivity index (χ0n) is 16.4. The van der Waals surface area contributed by atoms with Crippen molar-refractivity contribution >= 4 is 46.2 Å². The summed E-state index contributed by atoms with van der Waals surface area (Å²) in [5.41, 5.74) is 8.11. The molecule has 2 N–H and O–H groups in total. The van der Waals surface area contributed by atoms with Crippen LogP contribution in [0.4, 0.5) is 0 Å². The molecule has 0 aliphatic carbocycles. The molecule has 4 rings (SSSR count). The predicted octanol–water partition coefficient (Wildman–Crippen LogP) is 4.36. The van der Waals surface area contributed by atoms with Gasteiger partial charge in [0.25, 0.3) is 11.8 Å². The lowest BCUT2D eigenvalue weighted by molar-refractivity contribution is -0.132. The fraction of sp³-hybridized carbons (Fsp3) is 0.286. The van der Waals surface area contributed by atoms with E-state index in [-0.39, 0.29) is 12.5 Å². The van der Waals surface area contributed by atoms with Gasteiger partial charge in [0.05, 0.1) is 14.8 Å². The van der Waals surface area contributed by atoms with E-state index in [1.165, 1.54) is 22.7 Å². The molecule has 1 saturated heterocycles. The zero-order chi connectivity index (χ0) is 21.1. The molecule has 1 aliphatic heterocycles. The second kappa shape index (κ2) is 9.20. The molecule has 6 nitrogen and oxygen atoms in total. The van der Waals surface area contributed by atoms with Gasteiger partial charge in [-0.3, -0.25) is 9.59 Å². The van der Waals surface area contributed by atoms with Crippen LogP contribution in [0.25, 0.3) is 21.8 Å². The van der Waals surface area contributed by atoms with Crippen molar-refractivity contribution in [3.05, 3.63) is 40.6 Å². The standard InChI is InChI=1S/C21H21N3O3S3/c1-28-21-15(10-17(30-21)19(22)26)20-23-16(12-29-20)13-5-4-6-14(9-13)27-11-18(25)24-7-2-3-8-24/h4-6,9-10,12H,2-3,7-8,11H2,1H3,(H2,22,26). The number of rotatable bonds is 7. The Morgan fingerprint density at radius 3 is 2.80 bits per heavy atom. The van der Waals surface area contributed by atoms with Gasteiger partial charge in [-0.2, -0.15) is 0 Å². The van der Waals surface area contributed by atoms with E-state index >= 15 is 0 Å². The third-order valence-electron chi connectivity index (χ3n) is 4.81. The van der Waals surface area contributed by atoms with E-state index in [9.17, 15) is 9.59 Å². The summed E-state index contributed by atoms with van der Waals surface area (Å²) in [4.78, 5) is 30.9. The van der Waals surface area contributed by atoms with E-state index in [0.717, 1.165) is 52.0 Å². The van der Waals surface area contributed by atoms with Gasteiger partial charge in [-0.25, -0.2) is 4.98 Å². The first-order valence-electron chi connectivity index (χ1n) is 9.49. The summed E-state index contributed by atoms with van der Waals surface area (Å²) in [7, 11) is 0. The van der Waals surface area contributed by atoms with Gasteiger partial charge in [0.1, 0.15) is 10.8 Å². The first kappa shape index (κ1) is 20.9. The lowest BCUT2D eigenvalue weighted by Gasteiger charge is -2.15. The molecule has 156 valence electrons. The number of nitrogens with zero attached hydrogens (tertiary/aromatic N) is 2. The molecule has 1 aliphatic rings. The van der Waals surface area contributed by atoms with Crippen LogP contribution in [0, 0.1) is 0 Å². The molecule has 1 fully saturated rings. The maximum absolute atomic E-state index is 12.2. The van der Waals surface area contributed by atoms with Crippen LogP contribution in [0.15, 0.2) is 39.9 Å². The summed E-state index contributed by atoms with van der Waals surface area (Å²) in [6.07, 6.45) is 4.10. The first-order chi connectivity index (χ1) is 14.5. The molecular weight excluding hydrogens is 438 g/mol. The van der Waals surface area contributed by atoms with Crippen LogP contribution in [0.2, 0.25) is 0 Å². The highest BCUT2D eigenvalue weighted by Crippen LogP contribution is 2.40. The zero-order valence-corrected chi connectivity index (χ0v) is 18.9. The van der Waals surface area contributed by atoms with Gasteiger partial charge in [0.15, 0.2) is 6.61 Å². The Labute approximate surface area is 187 Å². The van der Waals surface area contributed by atoms with E-state index in [1.807, 2.05) is 46.9 Å². The number of hydrogen-bond acceptors (Lipinski definition) is 7. The number of carbonyl (C=O) groups excluding carboxylic acids is 2. The molecule has 2 amide bonds. The Kier molecular flexibility index (Phi) is 6.40. The molecule has 0 bridgehead atoms. The van der Waals surface area contributed by atoms with Gasteiger partial charge in [-0.1, -0.05) is 12.1 Å². The van der Waals surface area contributed by atoms with Gasteiger partial charge < -0.3 is 15.4 Å². The topological polar surface area (TPSA) is 85.5 Å². The molecule has 0 unspecified atom stereocenters. The Morgan fingerprint density at radius 1 is 1.27 bits per heavy atom. The molecule has 1 aromatic carbocycles. The van der Waals surface area contributed by atoms with Crippen LogP contribution in [-0.4, -0.2) is 47.7 Å². The van der Waals surface area contributed by atoms with Gasteiger partial charge >= 0.3 is 0 Å². The highest BCUT2D eigenvalue weighted by molar-refractivity contribution is 8.00. The number of aromatic nitrogens is 1. The van der Waals surface area contributed by atoms with Crippen LogP contribution in [-0.2, 0) is 4.79 Å². The Morgan fingerprint density at radius 2 is 2.07 bits per heavy atom. The number of primary amides is 1. The Hall–Kier alpha value is -2.36. The lowest BCUT2D eigenvalue weighted by atomic mass is 10.1. The van der Waals surface area contributed by atoms with E-state index < -0.39 is 5.91 Å². The van der Waals surface area contributed by atoms with Crippen molar-refractivity contribution in [3.8, 4) is 27.6 Å². The molecular formula is C21H21N3O3S3. The number of benzene rings is 1. The maximum Gasteiger partial charge on any atom is 0.260 e. The van der Waals surface area contributed by atoms with E-state index in [0.29, 0.717) is 10.6 Å². The summed E-state index contributed by atoms with van der Waals surface area (Å²) in [6.45, 7) is 1.69. The molecule has 0 radical (unpaired) electrons. The van der Waals surface area contributed by atoms with Gasteiger partial charge in [0, 0.05) is 29.6 Å². The summed E-state index contributed by atoms with van der Waals surface area (Å²) in [5, 5.41) is 2.82. The number of nitrogens with two attached hydrogens (primary N) is 1. The lowest BCUT2D eigenvalue weighted by Crippen LogP contribution is -2.32. The van der Waals surface area contributed by atoms with Gasteiger partial charge in [-0.05, 0) is 37.3 Å². The minimum atomic E-state index is -0.424. The smallest absolute Gasteiger partial charge is 0.260 e. The van der Waals surface area contributed by atoms with Crippen LogP contribution < -0.4 is 10.5 Å². The third kappa shape index (κ3) is 4.53. The van der Waals surface area contributed by atoms with Crippen LogP contribution in [0.5, 0.6) is 5.75 Å².